The molecule has 160 valence electrons. The van der Waals surface area contributed by atoms with Crippen LogP contribution in [0.25, 0.3) is 5.65 Å². The molecule has 1 aromatic carbocycles. The number of hydrogen-bond donors (Lipinski definition) is 5. The molecule has 2 aromatic heterocycles. The Morgan fingerprint density at radius 2 is 1.83 bits per heavy atom. The highest BCUT2D eigenvalue weighted by molar-refractivity contribution is 6.03. The maximum absolute atomic E-state index is 12.3. The second-order valence-corrected chi connectivity index (χ2v) is 7.74. The van der Waals surface area contributed by atoms with Crippen molar-refractivity contribution in [3.8, 4) is 11.5 Å². The predicted octanol–water partition coefficient (Wildman–Crippen LogP) is 1.47. The van der Waals surface area contributed by atoms with Gasteiger partial charge in [0.15, 0.2) is 11.4 Å². The lowest BCUT2D eigenvalue weighted by Crippen LogP contribution is -2.42. The topological polar surface area (TPSA) is 144 Å². The summed E-state index contributed by atoms with van der Waals surface area (Å²) in [6.07, 6.45) is 0. The van der Waals surface area contributed by atoms with Crippen LogP contribution in [0.4, 0.5) is 17.3 Å². The van der Waals surface area contributed by atoms with E-state index in [0.717, 1.165) is 5.69 Å². The number of aromatic amines is 1. The van der Waals surface area contributed by atoms with Gasteiger partial charge in [-0.05, 0) is 20.8 Å². The first-order valence-electron chi connectivity index (χ1n) is 9.39. The number of aryl methyl sites for hydroxylation is 1. The molecule has 10 nitrogen and oxygen atoms in total. The van der Waals surface area contributed by atoms with Gasteiger partial charge in [-0.15, -0.1) is 9.50 Å². The molecular weight excluding hydrogens is 386 g/mol. The largest absolute Gasteiger partial charge is 0.497 e. The molecule has 0 aliphatic heterocycles. The van der Waals surface area contributed by atoms with Crippen molar-refractivity contribution in [1.29, 1.82) is 0 Å². The smallest absolute Gasteiger partial charge is 0.301 e. The number of ether oxygens (including phenoxy) is 2. The summed E-state index contributed by atoms with van der Waals surface area (Å²) in [5, 5.41) is 9.64. The number of rotatable bonds is 8. The Balaban J connectivity index is 2.11. The number of benzene rings is 1. The van der Waals surface area contributed by atoms with Gasteiger partial charge in [-0.1, -0.05) is 0 Å². The van der Waals surface area contributed by atoms with Crippen LogP contribution in [0.2, 0.25) is 0 Å². The zero-order valence-corrected chi connectivity index (χ0v) is 17.8. The molecule has 3 rings (SSSR count). The highest BCUT2D eigenvalue weighted by atomic mass is 16.5. The van der Waals surface area contributed by atoms with Crippen LogP contribution in [0.15, 0.2) is 24.3 Å². The van der Waals surface area contributed by atoms with Crippen LogP contribution in [0, 0.1) is 6.92 Å². The molecular formula is C20H28N7O3+. The van der Waals surface area contributed by atoms with Gasteiger partial charge < -0.3 is 31.6 Å². The minimum absolute atomic E-state index is 0.232. The second kappa shape index (κ2) is 8.07. The van der Waals surface area contributed by atoms with Gasteiger partial charge in [-0.3, -0.25) is 4.79 Å². The molecule has 0 aliphatic carbocycles. The molecule has 7 N–H and O–H groups in total. The quantitative estimate of drug-likeness (QED) is 0.351. The van der Waals surface area contributed by atoms with E-state index in [1.54, 1.807) is 36.9 Å². The monoisotopic (exact) mass is 414 g/mol. The van der Waals surface area contributed by atoms with Crippen LogP contribution in [0.5, 0.6) is 11.5 Å². The number of fused-ring (bicyclic) bond motifs is 1. The van der Waals surface area contributed by atoms with Crippen LogP contribution >= 0.6 is 0 Å². The van der Waals surface area contributed by atoms with Crippen LogP contribution < -0.4 is 36.1 Å². The lowest BCUT2D eigenvalue weighted by atomic mass is 10.1. The highest BCUT2D eigenvalue weighted by Gasteiger charge is 2.26. The van der Waals surface area contributed by atoms with E-state index in [9.17, 15) is 4.79 Å². The van der Waals surface area contributed by atoms with Gasteiger partial charge in [0.25, 0.3) is 5.91 Å². The lowest BCUT2D eigenvalue weighted by molar-refractivity contribution is -0.563. The molecule has 0 radical (unpaired) electrons. The summed E-state index contributed by atoms with van der Waals surface area (Å²) in [7, 11) is 3.13. The fourth-order valence-corrected chi connectivity index (χ4v) is 2.98. The van der Waals surface area contributed by atoms with E-state index in [1.165, 1.54) is 0 Å². The van der Waals surface area contributed by atoms with E-state index in [0.29, 0.717) is 41.0 Å². The number of nitrogens with one attached hydrogen (secondary N) is 3. The van der Waals surface area contributed by atoms with Gasteiger partial charge in [0.2, 0.25) is 5.82 Å². The number of H-pyrrole nitrogens is 1. The summed E-state index contributed by atoms with van der Waals surface area (Å²) in [6, 6.07) is 7.16. The average molecular weight is 414 g/mol. The van der Waals surface area contributed by atoms with Crippen molar-refractivity contribution < 1.29 is 18.8 Å². The third-order valence-corrected chi connectivity index (χ3v) is 4.37. The van der Waals surface area contributed by atoms with Crippen LogP contribution in [0.1, 0.15) is 29.9 Å². The predicted molar refractivity (Wildman–Crippen MR) is 115 cm³/mol. The summed E-state index contributed by atoms with van der Waals surface area (Å²) >= 11 is 0. The number of primary amides is 1. The third kappa shape index (κ3) is 4.54. The Bertz CT molecular complexity index is 1060. The number of carbonyl (C=O) groups is 1. The molecule has 0 fully saturated rings. The fraction of sp³-hybridized carbons (Fsp3) is 0.350. The molecule has 0 spiro atoms. The maximum Gasteiger partial charge on any atom is 0.301 e. The van der Waals surface area contributed by atoms with E-state index < -0.39 is 11.4 Å². The number of hydrogen-bond acceptors (Lipinski definition) is 7. The van der Waals surface area contributed by atoms with Gasteiger partial charge in [0.05, 0.1) is 26.8 Å². The Morgan fingerprint density at radius 1 is 1.20 bits per heavy atom. The standard InChI is InChI=1S/C20H27N7O3/c1-11-6-15(23-10-20(2,3)22)27-19(24-11)16(17(21)28)18(26-27)25-12-7-13(29-4)9-14(8-12)30-5/h6-9H,10,22H2,1-5H3,(H4,21,23,24,25,26,28)/p+1. The van der Waals surface area contributed by atoms with E-state index in [1.807, 2.05) is 26.8 Å². The van der Waals surface area contributed by atoms with Crippen molar-refractivity contribution in [1.82, 2.24) is 10.1 Å². The van der Waals surface area contributed by atoms with Crippen molar-refractivity contribution in [2.45, 2.75) is 26.3 Å². The number of nitrogens with two attached hydrogens (primary N) is 2. The number of nitrogens with zero attached hydrogens (tertiary/aromatic N) is 2. The van der Waals surface area contributed by atoms with E-state index >= 15 is 0 Å². The van der Waals surface area contributed by atoms with Crippen molar-refractivity contribution in [2.24, 2.45) is 11.5 Å². The molecule has 0 aliphatic rings. The maximum atomic E-state index is 12.3. The van der Waals surface area contributed by atoms with E-state index in [2.05, 4.69) is 20.7 Å². The lowest BCUT2D eigenvalue weighted by Gasteiger charge is -2.16. The number of carbonyl (C=O) groups excluding carboxylic acids is 1. The molecule has 30 heavy (non-hydrogen) atoms. The van der Waals surface area contributed by atoms with Crippen molar-refractivity contribution >= 4 is 28.9 Å². The molecule has 0 saturated carbocycles. The van der Waals surface area contributed by atoms with Gasteiger partial charge in [-0.2, -0.15) is 0 Å². The van der Waals surface area contributed by atoms with Crippen LogP contribution in [-0.2, 0) is 0 Å². The summed E-state index contributed by atoms with van der Waals surface area (Å²) < 4.78 is 12.3. The van der Waals surface area contributed by atoms with E-state index in [-0.39, 0.29) is 5.56 Å². The van der Waals surface area contributed by atoms with Crippen LogP contribution in [-0.4, -0.2) is 42.3 Å². The van der Waals surface area contributed by atoms with E-state index in [4.69, 9.17) is 20.9 Å². The summed E-state index contributed by atoms with van der Waals surface area (Å²) in [5.74, 6) is 1.68. The first-order chi connectivity index (χ1) is 14.1. The minimum Gasteiger partial charge on any atom is -0.497 e. The first kappa shape index (κ1) is 21.2. The van der Waals surface area contributed by atoms with Crippen molar-refractivity contribution in [3.63, 3.8) is 0 Å². The zero-order chi connectivity index (χ0) is 22.1. The number of aromatic nitrogens is 3. The molecule has 1 amide bonds. The second-order valence-electron chi connectivity index (χ2n) is 7.74. The average Bonchev–Trinajstić information content (AvgIpc) is 3.02. The van der Waals surface area contributed by atoms with Crippen molar-refractivity contribution in [3.05, 3.63) is 35.5 Å². The summed E-state index contributed by atoms with van der Waals surface area (Å²) in [4.78, 5) is 16.8. The molecule has 2 heterocycles. The molecule has 0 bridgehead atoms. The normalized spacial score (nSPS) is 11.4. The Hall–Kier alpha value is -3.53. The van der Waals surface area contributed by atoms with Crippen molar-refractivity contribution in [2.75, 3.05) is 31.4 Å². The molecule has 10 heteroatoms. The molecule has 0 atom stereocenters. The van der Waals surface area contributed by atoms with Gasteiger partial charge >= 0.3 is 5.65 Å². The van der Waals surface area contributed by atoms with Gasteiger partial charge in [0.1, 0.15) is 17.2 Å². The highest BCUT2D eigenvalue weighted by Crippen LogP contribution is 2.29. The number of methoxy groups -OCH3 is 2. The van der Waals surface area contributed by atoms with Gasteiger partial charge in [-0.25, -0.2) is 5.10 Å². The SMILES string of the molecule is COc1cc(Nc2[nH][n+]3c(NCC(C)(C)N)cc(C)nc3c2C(N)=O)cc(OC)c1. The first-order valence-corrected chi connectivity index (χ1v) is 9.39. The van der Waals surface area contributed by atoms with Gasteiger partial charge in [0, 0.05) is 29.4 Å². The number of amides is 1. The zero-order valence-electron chi connectivity index (χ0n) is 17.8. The Kier molecular flexibility index (Phi) is 5.70. The summed E-state index contributed by atoms with van der Waals surface area (Å²) in [6.45, 7) is 6.20. The fourth-order valence-electron chi connectivity index (χ4n) is 2.98. The Morgan fingerprint density at radius 3 is 2.37 bits per heavy atom. The summed E-state index contributed by atoms with van der Waals surface area (Å²) in [5.41, 5.74) is 13.4. The number of anilines is 3. The Labute approximate surface area is 174 Å². The minimum atomic E-state index is -0.616. The molecule has 3 aromatic rings. The van der Waals surface area contributed by atoms with Crippen LogP contribution in [0.3, 0.4) is 0 Å². The third-order valence-electron chi connectivity index (χ3n) is 4.37. The molecule has 0 unspecified atom stereocenters. The molecule has 0 saturated heterocycles.